The van der Waals surface area contributed by atoms with Crippen LogP contribution in [0, 0.1) is 0 Å². The fourth-order valence-corrected chi connectivity index (χ4v) is 2.61. The summed E-state index contributed by atoms with van der Waals surface area (Å²) in [6.45, 7) is 1.83. The number of aromatic nitrogens is 1. The minimum atomic E-state index is -0.128. The molecule has 1 N–H and O–H groups in total. The third-order valence-corrected chi connectivity index (χ3v) is 3.81. The Morgan fingerprint density at radius 3 is 3.09 bits per heavy atom. The number of nitrogens with zero attached hydrogens (tertiary/aromatic N) is 1. The van der Waals surface area contributed by atoms with Crippen LogP contribution in [0.5, 0.6) is 0 Å². The van der Waals surface area contributed by atoms with Crippen LogP contribution in [-0.4, -0.2) is 43.4 Å². The molecule has 23 heavy (non-hydrogen) atoms. The molecule has 1 aliphatic heterocycles. The molecule has 0 radical (unpaired) electrons. The predicted molar refractivity (Wildman–Crippen MR) is 85.1 cm³/mol. The zero-order valence-electron chi connectivity index (χ0n) is 13.1. The van der Waals surface area contributed by atoms with Crippen molar-refractivity contribution in [3.8, 4) is 0 Å². The van der Waals surface area contributed by atoms with E-state index in [1.54, 1.807) is 0 Å². The lowest BCUT2D eigenvalue weighted by atomic mass is 10.1. The monoisotopic (exact) mass is 318 g/mol. The van der Waals surface area contributed by atoms with Gasteiger partial charge in [0.1, 0.15) is 12.1 Å². The SMILES string of the molecule is O=C(COC[C@H]1CCCCO1)NCCc1nc2ccccc2o1. The number of fused-ring (bicyclic) bond motifs is 1. The zero-order valence-corrected chi connectivity index (χ0v) is 13.1. The van der Waals surface area contributed by atoms with Gasteiger partial charge in [-0.05, 0) is 31.4 Å². The Morgan fingerprint density at radius 1 is 1.35 bits per heavy atom. The van der Waals surface area contributed by atoms with E-state index in [0.717, 1.165) is 30.5 Å². The molecule has 2 aromatic rings. The topological polar surface area (TPSA) is 73.6 Å². The lowest BCUT2D eigenvalue weighted by Crippen LogP contribution is -2.32. The molecule has 2 heterocycles. The molecule has 1 fully saturated rings. The Bertz CT molecular complexity index is 601. The van der Waals surface area contributed by atoms with E-state index in [2.05, 4.69) is 10.3 Å². The summed E-state index contributed by atoms with van der Waals surface area (Å²) in [7, 11) is 0. The lowest BCUT2D eigenvalue weighted by molar-refractivity contribution is -0.127. The number of nitrogens with one attached hydrogen (secondary N) is 1. The number of carbonyl (C=O) groups excluding carboxylic acids is 1. The van der Waals surface area contributed by atoms with Crippen LogP contribution in [0.3, 0.4) is 0 Å². The molecular formula is C17H22N2O4. The number of amides is 1. The first-order valence-corrected chi connectivity index (χ1v) is 8.12. The summed E-state index contributed by atoms with van der Waals surface area (Å²) < 4.78 is 16.6. The van der Waals surface area contributed by atoms with Gasteiger partial charge in [-0.1, -0.05) is 12.1 Å². The summed E-state index contributed by atoms with van der Waals surface area (Å²) in [5.74, 6) is 0.500. The average molecular weight is 318 g/mol. The van der Waals surface area contributed by atoms with Crippen LogP contribution in [0.4, 0.5) is 0 Å². The highest BCUT2D eigenvalue weighted by molar-refractivity contribution is 5.77. The van der Waals surface area contributed by atoms with Crippen LogP contribution in [0.2, 0.25) is 0 Å². The first kappa shape index (κ1) is 16.0. The molecule has 1 aromatic heterocycles. The minimum Gasteiger partial charge on any atom is -0.441 e. The van der Waals surface area contributed by atoms with E-state index in [1.165, 1.54) is 6.42 Å². The second kappa shape index (κ2) is 8.08. The Labute approximate surface area is 135 Å². The van der Waals surface area contributed by atoms with E-state index in [9.17, 15) is 4.79 Å². The summed E-state index contributed by atoms with van der Waals surface area (Å²) in [5, 5.41) is 2.81. The van der Waals surface area contributed by atoms with Crippen molar-refractivity contribution in [2.24, 2.45) is 0 Å². The number of benzene rings is 1. The van der Waals surface area contributed by atoms with Gasteiger partial charge in [-0.3, -0.25) is 4.79 Å². The van der Waals surface area contributed by atoms with Gasteiger partial charge in [-0.15, -0.1) is 0 Å². The number of oxazole rings is 1. The van der Waals surface area contributed by atoms with Crippen LogP contribution >= 0.6 is 0 Å². The van der Waals surface area contributed by atoms with Gasteiger partial charge < -0.3 is 19.2 Å². The van der Waals surface area contributed by atoms with Crippen molar-refractivity contribution >= 4 is 17.0 Å². The van der Waals surface area contributed by atoms with Crippen molar-refractivity contribution in [1.29, 1.82) is 0 Å². The summed E-state index contributed by atoms with van der Waals surface area (Å²) in [6, 6.07) is 7.61. The van der Waals surface area contributed by atoms with Gasteiger partial charge in [0.05, 0.1) is 12.7 Å². The highest BCUT2D eigenvalue weighted by atomic mass is 16.5. The molecule has 6 nitrogen and oxygen atoms in total. The Hall–Kier alpha value is -1.92. The summed E-state index contributed by atoms with van der Waals surface area (Å²) in [6.07, 6.45) is 4.00. The molecule has 0 spiro atoms. The van der Waals surface area contributed by atoms with Crippen molar-refractivity contribution in [3.05, 3.63) is 30.2 Å². The third kappa shape index (κ3) is 4.77. The maximum atomic E-state index is 11.7. The first-order valence-electron chi connectivity index (χ1n) is 8.12. The van der Waals surface area contributed by atoms with E-state index in [0.29, 0.717) is 25.5 Å². The van der Waals surface area contributed by atoms with Crippen molar-refractivity contribution in [2.75, 3.05) is 26.4 Å². The van der Waals surface area contributed by atoms with Gasteiger partial charge in [-0.2, -0.15) is 0 Å². The number of hydrogen-bond donors (Lipinski definition) is 1. The maximum absolute atomic E-state index is 11.7. The highest BCUT2D eigenvalue weighted by Crippen LogP contribution is 2.14. The largest absolute Gasteiger partial charge is 0.441 e. The molecule has 124 valence electrons. The molecule has 1 aliphatic rings. The molecule has 1 amide bonds. The number of carbonyl (C=O) groups is 1. The molecule has 3 rings (SSSR count). The molecule has 0 saturated carbocycles. The maximum Gasteiger partial charge on any atom is 0.246 e. The van der Waals surface area contributed by atoms with Gasteiger partial charge in [0, 0.05) is 19.6 Å². The Balaban J connectivity index is 1.32. The third-order valence-electron chi connectivity index (χ3n) is 3.81. The zero-order chi connectivity index (χ0) is 15.9. The number of rotatable bonds is 7. The fraction of sp³-hybridized carbons (Fsp3) is 0.529. The van der Waals surface area contributed by atoms with Gasteiger partial charge in [0.15, 0.2) is 11.5 Å². The Morgan fingerprint density at radius 2 is 2.26 bits per heavy atom. The molecule has 6 heteroatoms. The Kier molecular flexibility index (Phi) is 5.60. The standard InChI is InChI=1S/C17H22N2O4/c20-16(12-21-11-13-5-3-4-10-22-13)18-9-8-17-19-14-6-1-2-7-15(14)23-17/h1-2,6-7,13H,3-5,8-12H2,(H,18,20)/t13-/m1/s1. The smallest absolute Gasteiger partial charge is 0.246 e. The predicted octanol–water partition coefficient (Wildman–Crippen LogP) is 2.07. The molecule has 1 aromatic carbocycles. The molecule has 0 unspecified atom stereocenters. The number of hydrogen-bond acceptors (Lipinski definition) is 5. The van der Waals surface area contributed by atoms with Crippen molar-refractivity contribution in [2.45, 2.75) is 31.8 Å². The average Bonchev–Trinajstić information content (AvgIpc) is 2.98. The van der Waals surface area contributed by atoms with Crippen LogP contribution in [-0.2, 0) is 20.7 Å². The van der Waals surface area contributed by atoms with Crippen LogP contribution in [0.15, 0.2) is 28.7 Å². The summed E-state index contributed by atoms with van der Waals surface area (Å²) in [4.78, 5) is 16.1. The van der Waals surface area contributed by atoms with Crippen molar-refractivity contribution in [3.63, 3.8) is 0 Å². The fourth-order valence-electron chi connectivity index (χ4n) is 2.61. The van der Waals surface area contributed by atoms with Crippen LogP contribution in [0.25, 0.3) is 11.1 Å². The summed E-state index contributed by atoms with van der Waals surface area (Å²) in [5.41, 5.74) is 1.61. The van der Waals surface area contributed by atoms with Crippen LogP contribution in [0.1, 0.15) is 25.2 Å². The summed E-state index contributed by atoms with van der Waals surface area (Å²) >= 11 is 0. The molecule has 0 bridgehead atoms. The van der Waals surface area contributed by atoms with Gasteiger partial charge >= 0.3 is 0 Å². The van der Waals surface area contributed by atoms with E-state index in [4.69, 9.17) is 13.9 Å². The van der Waals surface area contributed by atoms with Crippen molar-refractivity contribution < 1.29 is 18.7 Å². The van der Waals surface area contributed by atoms with Gasteiger partial charge in [-0.25, -0.2) is 4.98 Å². The number of ether oxygens (including phenoxy) is 2. The second-order valence-electron chi connectivity index (χ2n) is 5.68. The normalized spacial score (nSPS) is 18.2. The quantitative estimate of drug-likeness (QED) is 0.846. The lowest BCUT2D eigenvalue weighted by Gasteiger charge is -2.22. The van der Waals surface area contributed by atoms with Gasteiger partial charge in [0.2, 0.25) is 5.91 Å². The highest BCUT2D eigenvalue weighted by Gasteiger charge is 2.14. The molecule has 1 atom stereocenters. The van der Waals surface area contributed by atoms with E-state index >= 15 is 0 Å². The van der Waals surface area contributed by atoms with Crippen LogP contribution < -0.4 is 5.32 Å². The molecule has 1 saturated heterocycles. The van der Waals surface area contributed by atoms with Crippen molar-refractivity contribution in [1.82, 2.24) is 10.3 Å². The molecular weight excluding hydrogens is 296 g/mol. The minimum absolute atomic E-state index is 0.0629. The van der Waals surface area contributed by atoms with E-state index < -0.39 is 0 Å². The van der Waals surface area contributed by atoms with E-state index in [-0.39, 0.29) is 18.6 Å². The number of para-hydroxylation sites is 2. The molecule has 0 aliphatic carbocycles. The second-order valence-corrected chi connectivity index (χ2v) is 5.68. The van der Waals surface area contributed by atoms with E-state index in [1.807, 2.05) is 24.3 Å². The first-order chi connectivity index (χ1) is 11.3. The van der Waals surface area contributed by atoms with Gasteiger partial charge in [0.25, 0.3) is 0 Å².